The van der Waals surface area contributed by atoms with Crippen molar-refractivity contribution in [3.8, 4) is 0 Å². The van der Waals surface area contributed by atoms with E-state index in [0.717, 1.165) is 30.1 Å². The zero-order chi connectivity index (χ0) is 18.4. The molecule has 1 fully saturated rings. The zero-order valence-corrected chi connectivity index (χ0v) is 19.6. The Bertz CT molecular complexity index is 712. The molecule has 6 nitrogen and oxygen atoms in total. The standard InChI is InChI=1S/C19H30N6S.HI/c1-4-15-7-5-8-16(11-15)22-19(20-12-17-9-6-10-26-17)21-13-18-24-23-14(2)25(18)3;/h6,9-10,15-16H,4-5,7-8,11-13H2,1-3H3,(H2,20,21,22);1H. The van der Waals surface area contributed by atoms with Crippen LogP contribution in [0.15, 0.2) is 22.5 Å². The van der Waals surface area contributed by atoms with Gasteiger partial charge < -0.3 is 15.2 Å². The van der Waals surface area contributed by atoms with Crippen molar-refractivity contribution in [3.63, 3.8) is 0 Å². The minimum atomic E-state index is 0. The summed E-state index contributed by atoms with van der Waals surface area (Å²) in [6.07, 6.45) is 6.39. The van der Waals surface area contributed by atoms with E-state index >= 15 is 0 Å². The van der Waals surface area contributed by atoms with Gasteiger partial charge in [-0.2, -0.15) is 0 Å². The molecule has 0 aromatic carbocycles. The van der Waals surface area contributed by atoms with Crippen LogP contribution >= 0.6 is 35.3 Å². The van der Waals surface area contributed by atoms with E-state index in [1.54, 1.807) is 11.3 Å². The van der Waals surface area contributed by atoms with Gasteiger partial charge in [-0.15, -0.1) is 45.5 Å². The normalized spacial score (nSPS) is 20.2. The number of hydrogen-bond donors (Lipinski definition) is 2. The molecule has 1 aliphatic rings. The van der Waals surface area contributed by atoms with Crippen molar-refractivity contribution < 1.29 is 0 Å². The highest BCUT2D eigenvalue weighted by Crippen LogP contribution is 2.26. The van der Waals surface area contributed by atoms with E-state index in [1.165, 1.54) is 37.0 Å². The van der Waals surface area contributed by atoms with Crippen molar-refractivity contribution in [1.82, 2.24) is 25.4 Å². The van der Waals surface area contributed by atoms with Gasteiger partial charge in [-0.1, -0.05) is 32.3 Å². The average Bonchev–Trinajstić information content (AvgIpc) is 3.29. The molecule has 1 saturated carbocycles. The van der Waals surface area contributed by atoms with Crippen molar-refractivity contribution in [2.45, 2.75) is 65.1 Å². The van der Waals surface area contributed by atoms with Gasteiger partial charge in [0.15, 0.2) is 11.8 Å². The number of aliphatic imine (C=N–C) groups is 1. The maximum atomic E-state index is 4.79. The van der Waals surface area contributed by atoms with Crippen molar-refractivity contribution in [1.29, 1.82) is 0 Å². The molecule has 0 aliphatic heterocycles. The van der Waals surface area contributed by atoms with Crippen LogP contribution in [0.5, 0.6) is 0 Å². The molecule has 8 heteroatoms. The molecule has 0 saturated heterocycles. The van der Waals surface area contributed by atoms with Gasteiger partial charge >= 0.3 is 0 Å². The Morgan fingerprint density at radius 3 is 2.89 bits per heavy atom. The third-order valence-electron chi connectivity index (χ3n) is 5.27. The number of hydrogen-bond acceptors (Lipinski definition) is 4. The molecular weight excluding hydrogens is 471 g/mol. The van der Waals surface area contributed by atoms with E-state index in [-0.39, 0.29) is 24.0 Å². The van der Waals surface area contributed by atoms with Crippen LogP contribution in [0.4, 0.5) is 0 Å². The highest BCUT2D eigenvalue weighted by atomic mass is 127. The summed E-state index contributed by atoms with van der Waals surface area (Å²) >= 11 is 1.76. The summed E-state index contributed by atoms with van der Waals surface area (Å²) in [7, 11) is 1.99. The first-order valence-corrected chi connectivity index (χ1v) is 10.5. The quantitative estimate of drug-likeness (QED) is 0.356. The van der Waals surface area contributed by atoms with Gasteiger partial charge in [0.25, 0.3) is 0 Å². The third-order valence-corrected chi connectivity index (χ3v) is 6.15. The maximum absolute atomic E-state index is 4.79. The SMILES string of the molecule is CCC1CCCC(NC(=NCc2nnc(C)n2C)NCc2cccs2)C1.I. The Balaban J connectivity index is 0.00000261. The van der Waals surface area contributed by atoms with Gasteiger partial charge in [0.2, 0.25) is 0 Å². The number of nitrogens with one attached hydrogen (secondary N) is 2. The lowest BCUT2D eigenvalue weighted by molar-refractivity contribution is 0.298. The van der Waals surface area contributed by atoms with Crippen molar-refractivity contribution in [2.24, 2.45) is 18.0 Å². The summed E-state index contributed by atoms with van der Waals surface area (Å²) in [5, 5.41) is 17.6. The molecule has 0 radical (unpaired) electrons. The lowest BCUT2D eigenvalue weighted by atomic mass is 9.84. The van der Waals surface area contributed by atoms with E-state index in [0.29, 0.717) is 12.6 Å². The van der Waals surface area contributed by atoms with E-state index in [4.69, 9.17) is 4.99 Å². The molecule has 2 aromatic rings. The fourth-order valence-corrected chi connectivity index (χ4v) is 4.11. The van der Waals surface area contributed by atoms with Gasteiger partial charge in [0.1, 0.15) is 12.4 Å². The number of rotatable bonds is 6. The molecule has 3 rings (SSSR count). The van der Waals surface area contributed by atoms with E-state index in [1.807, 2.05) is 18.5 Å². The van der Waals surface area contributed by atoms with Crippen LogP contribution < -0.4 is 10.6 Å². The molecule has 0 spiro atoms. The molecule has 150 valence electrons. The molecule has 2 atom stereocenters. The highest BCUT2D eigenvalue weighted by molar-refractivity contribution is 14.0. The topological polar surface area (TPSA) is 67.1 Å². The second kappa shape index (κ2) is 11.0. The van der Waals surface area contributed by atoms with Gasteiger partial charge in [0, 0.05) is 18.0 Å². The molecule has 2 unspecified atom stereocenters. The fourth-order valence-electron chi connectivity index (χ4n) is 3.46. The van der Waals surface area contributed by atoms with Crippen LogP contribution in [-0.4, -0.2) is 26.8 Å². The monoisotopic (exact) mass is 502 g/mol. The smallest absolute Gasteiger partial charge is 0.192 e. The molecule has 2 N–H and O–H groups in total. The third kappa shape index (κ3) is 6.44. The molecule has 0 bridgehead atoms. The first-order valence-electron chi connectivity index (χ1n) is 9.57. The largest absolute Gasteiger partial charge is 0.354 e. The summed E-state index contributed by atoms with van der Waals surface area (Å²) in [6.45, 7) is 5.58. The zero-order valence-electron chi connectivity index (χ0n) is 16.4. The number of halogens is 1. The molecule has 2 aromatic heterocycles. The van der Waals surface area contributed by atoms with Gasteiger partial charge in [-0.3, -0.25) is 0 Å². The Morgan fingerprint density at radius 1 is 1.37 bits per heavy atom. The summed E-state index contributed by atoms with van der Waals surface area (Å²) < 4.78 is 1.99. The second-order valence-electron chi connectivity index (χ2n) is 7.10. The summed E-state index contributed by atoms with van der Waals surface area (Å²) in [6, 6.07) is 4.74. The Kier molecular flexibility index (Phi) is 9.01. The molecule has 1 aliphatic carbocycles. The second-order valence-corrected chi connectivity index (χ2v) is 8.13. The minimum absolute atomic E-state index is 0. The Hall–Kier alpha value is -1.16. The highest BCUT2D eigenvalue weighted by Gasteiger charge is 2.21. The van der Waals surface area contributed by atoms with Crippen LogP contribution in [0.25, 0.3) is 0 Å². The summed E-state index contributed by atoms with van der Waals surface area (Å²) in [4.78, 5) is 6.10. The lowest BCUT2D eigenvalue weighted by Crippen LogP contribution is -2.45. The van der Waals surface area contributed by atoms with E-state index < -0.39 is 0 Å². The molecular formula is C19H31IN6S. The van der Waals surface area contributed by atoms with Crippen LogP contribution in [0.2, 0.25) is 0 Å². The first kappa shape index (κ1) is 22.1. The van der Waals surface area contributed by atoms with Crippen LogP contribution in [0.3, 0.4) is 0 Å². The lowest BCUT2D eigenvalue weighted by Gasteiger charge is -2.30. The van der Waals surface area contributed by atoms with Crippen LogP contribution in [-0.2, 0) is 20.1 Å². The molecule has 2 heterocycles. The van der Waals surface area contributed by atoms with Crippen molar-refractivity contribution >= 4 is 41.3 Å². The number of nitrogens with zero attached hydrogens (tertiary/aromatic N) is 4. The average molecular weight is 502 g/mol. The Morgan fingerprint density at radius 2 is 2.22 bits per heavy atom. The minimum Gasteiger partial charge on any atom is -0.354 e. The number of guanidine groups is 1. The van der Waals surface area contributed by atoms with Gasteiger partial charge in [0.05, 0.1) is 6.54 Å². The number of thiophene rings is 1. The van der Waals surface area contributed by atoms with Crippen LogP contribution in [0, 0.1) is 12.8 Å². The Labute approximate surface area is 183 Å². The molecule has 0 amide bonds. The number of aryl methyl sites for hydroxylation is 1. The van der Waals surface area contributed by atoms with Crippen molar-refractivity contribution in [2.75, 3.05) is 0 Å². The van der Waals surface area contributed by atoms with Gasteiger partial charge in [-0.05, 0) is 37.1 Å². The molecule has 27 heavy (non-hydrogen) atoms. The van der Waals surface area contributed by atoms with Crippen LogP contribution in [0.1, 0.15) is 55.6 Å². The number of aromatic nitrogens is 3. The van der Waals surface area contributed by atoms with E-state index in [2.05, 4.69) is 45.3 Å². The van der Waals surface area contributed by atoms with Crippen molar-refractivity contribution in [3.05, 3.63) is 34.0 Å². The van der Waals surface area contributed by atoms with Gasteiger partial charge in [-0.25, -0.2) is 4.99 Å². The fraction of sp³-hybridized carbons (Fsp3) is 0.632. The summed E-state index contributed by atoms with van der Waals surface area (Å²) in [5.41, 5.74) is 0. The predicted molar refractivity (Wildman–Crippen MR) is 123 cm³/mol. The predicted octanol–water partition coefficient (Wildman–Crippen LogP) is 4.01. The maximum Gasteiger partial charge on any atom is 0.192 e. The van der Waals surface area contributed by atoms with E-state index in [9.17, 15) is 0 Å². The first-order chi connectivity index (χ1) is 12.7. The summed E-state index contributed by atoms with van der Waals surface area (Å²) in [5.74, 6) is 3.51.